The fourth-order valence-electron chi connectivity index (χ4n) is 2.12. The molecule has 5 atom stereocenters. The molecule has 0 rings (SSSR count). The predicted molar refractivity (Wildman–Crippen MR) is 104 cm³/mol. The summed E-state index contributed by atoms with van der Waals surface area (Å²) >= 11 is 3.85. The lowest BCUT2D eigenvalue weighted by atomic mass is 9.97. The van der Waals surface area contributed by atoms with Crippen LogP contribution in [0.4, 0.5) is 0 Å². The Labute approximate surface area is 168 Å². The first-order valence-corrected chi connectivity index (χ1v) is 9.36. The molecule has 0 aromatic heterocycles. The molecule has 0 radical (unpaired) electrons. The number of carbonyl (C=O) groups is 5. The van der Waals surface area contributed by atoms with Gasteiger partial charge in [0.05, 0.1) is 12.5 Å². The van der Waals surface area contributed by atoms with E-state index in [1.807, 2.05) is 0 Å². The average Bonchev–Trinajstić information content (AvgIpc) is 2.61. The van der Waals surface area contributed by atoms with Crippen molar-refractivity contribution in [2.45, 2.75) is 57.8 Å². The van der Waals surface area contributed by atoms with Crippen LogP contribution in [0.3, 0.4) is 0 Å². The Kier molecular flexibility index (Phi) is 11.2. The van der Waals surface area contributed by atoms with Crippen molar-refractivity contribution >= 4 is 42.2 Å². The van der Waals surface area contributed by atoms with Gasteiger partial charge in [-0.2, -0.15) is 12.6 Å². The Balaban J connectivity index is 5.06. The van der Waals surface area contributed by atoms with Crippen LogP contribution in [-0.4, -0.2) is 64.6 Å². The summed E-state index contributed by atoms with van der Waals surface area (Å²) in [6, 6.07) is -4.47. The van der Waals surface area contributed by atoms with Gasteiger partial charge in [0.2, 0.25) is 23.6 Å². The normalized spacial score (nSPS) is 16.0. The zero-order chi connectivity index (χ0) is 22.0. The molecule has 0 heterocycles. The van der Waals surface area contributed by atoms with Gasteiger partial charge in [-0.3, -0.25) is 19.2 Å². The van der Waals surface area contributed by atoms with Crippen LogP contribution < -0.4 is 27.4 Å². The summed E-state index contributed by atoms with van der Waals surface area (Å²) in [6.45, 7) is 4.90. The molecule has 0 aliphatic heterocycles. The van der Waals surface area contributed by atoms with Gasteiger partial charge in [0.25, 0.3) is 0 Å². The van der Waals surface area contributed by atoms with Crippen LogP contribution in [0.5, 0.6) is 0 Å². The van der Waals surface area contributed by atoms with E-state index < -0.39 is 53.8 Å². The van der Waals surface area contributed by atoms with Gasteiger partial charge >= 0.3 is 5.97 Å². The minimum Gasteiger partial charge on any atom is -0.480 e. The molecular formula is C16H29N5O6S. The van der Waals surface area contributed by atoms with E-state index >= 15 is 0 Å². The van der Waals surface area contributed by atoms with Crippen molar-refractivity contribution in [3.05, 3.63) is 0 Å². The minimum absolute atomic E-state index is 0.120. The second-order valence-corrected chi connectivity index (χ2v) is 6.83. The summed E-state index contributed by atoms with van der Waals surface area (Å²) in [5, 5.41) is 16.1. The van der Waals surface area contributed by atoms with Gasteiger partial charge in [-0.1, -0.05) is 20.3 Å². The van der Waals surface area contributed by atoms with Gasteiger partial charge in [0, 0.05) is 5.75 Å². The highest BCUT2D eigenvalue weighted by Crippen LogP contribution is 2.09. The van der Waals surface area contributed by atoms with Crippen LogP contribution in [-0.2, 0) is 24.0 Å². The van der Waals surface area contributed by atoms with E-state index in [1.54, 1.807) is 13.8 Å². The SMILES string of the molecule is CC[C@H](C)[C@H](NC(=O)[C@@H](N)CC(N)=O)C(=O)N[C@@H](C)C(=O)N[C@@H](CS)C(=O)O. The lowest BCUT2D eigenvalue weighted by molar-refractivity contribution is -0.141. The fraction of sp³-hybridized carbons (Fsp3) is 0.688. The maximum absolute atomic E-state index is 12.6. The monoisotopic (exact) mass is 419 g/mol. The first kappa shape index (κ1) is 25.7. The molecule has 0 fully saturated rings. The summed E-state index contributed by atoms with van der Waals surface area (Å²) in [6.07, 6.45) is 0.157. The van der Waals surface area contributed by atoms with Crippen molar-refractivity contribution in [3.8, 4) is 0 Å². The number of carbonyl (C=O) groups excluding carboxylic acids is 4. The van der Waals surface area contributed by atoms with Gasteiger partial charge in [0.1, 0.15) is 18.1 Å². The van der Waals surface area contributed by atoms with E-state index in [0.29, 0.717) is 6.42 Å². The number of nitrogens with two attached hydrogens (primary N) is 2. The largest absolute Gasteiger partial charge is 0.480 e. The molecule has 8 N–H and O–H groups in total. The number of hydrogen-bond donors (Lipinski definition) is 7. The second-order valence-electron chi connectivity index (χ2n) is 6.46. The van der Waals surface area contributed by atoms with Crippen molar-refractivity contribution in [1.82, 2.24) is 16.0 Å². The molecule has 28 heavy (non-hydrogen) atoms. The third kappa shape index (κ3) is 8.57. The van der Waals surface area contributed by atoms with Crippen molar-refractivity contribution in [2.24, 2.45) is 17.4 Å². The highest BCUT2D eigenvalue weighted by molar-refractivity contribution is 7.80. The van der Waals surface area contributed by atoms with E-state index in [1.165, 1.54) is 6.92 Å². The molecule has 0 spiro atoms. The van der Waals surface area contributed by atoms with Crippen LogP contribution in [0.1, 0.15) is 33.6 Å². The first-order chi connectivity index (χ1) is 12.9. The lowest BCUT2D eigenvalue weighted by Gasteiger charge is -2.26. The van der Waals surface area contributed by atoms with Gasteiger partial charge in [-0.05, 0) is 12.8 Å². The number of carboxylic acids is 1. The summed E-state index contributed by atoms with van der Waals surface area (Å²) < 4.78 is 0. The zero-order valence-electron chi connectivity index (χ0n) is 16.1. The third-order valence-corrected chi connectivity index (χ3v) is 4.47. The molecule has 0 aliphatic rings. The molecule has 160 valence electrons. The third-order valence-electron chi connectivity index (χ3n) is 4.10. The van der Waals surface area contributed by atoms with Gasteiger partial charge in [0.15, 0.2) is 0 Å². The van der Waals surface area contributed by atoms with E-state index in [4.69, 9.17) is 16.6 Å². The molecule has 0 aliphatic carbocycles. The molecule has 12 heteroatoms. The van der Waals surface area contributed by atoms with Crippen molar-refractivity contribution in [3.63, 3.8) is 0 Å². The molecule has 0 saturated carbocycles. The Bertz CT molecular complexity index is 602. The standard InChI is InChI=1S/C16H29N5O6S/c1-4-7(2)12(21-14(24)9(17)5-11(18)22)15(25)19-8(3)13(23)20-10(6-28)16(26)27/h7-10,12,28H,4-6,17H2,1-3H3,(H2,18,22)(H,19,25)(H,20,23)(H,21,24)(H,26,27)/t7-,8-,9-,10-,12-/m0/s1. The quantitative estimate of drug-likeness (QED) is 0.173. The Morgan fingerprint density at radius 1 is 1.00 bits per heavy atom. The number of nitrogens with one attached hydrogen (secondary N) is 3. The maximum Gasteiger partial charge on any atom is 0.327 e. The molecular weight excluding hydrogens is 390 g/mol. The van der Waals surface area contributed by atoms with Gasteiger partial charge in [-0.15, -0.1) is 0 Å². The summed E-state index contributed by atoms with van der Waals surface area (Å²) in [4.78, 5) is 58.6. The topological polar surface area (TPSA) is 194 Å². The molecule has 0 aromatic carbocycles. The van der Waals surface area contributed by atoms with E-state index in [9.17, 15) is 24.0 Å². The van der Waals surface area contributed by atoms with Crippen molar-refractivity contribution in [1.29, 1.82) is 0 Å². The summed E-state index contributed by atoms with van der Waals surface area (Å²) in [5.41, 5.74) is 10.6. The van der Waals surface area contributed by atoms with Gasteiger partial charge < -0.3 is 32.5 Å². The molecule has 11 nitrogen and oxygen atoms in total. The number of rotatable bonds is 12. The number of thiol groups is 1. The number of carboxylic acid groups (broad SMARTS) is 1. The highest BCUT2D eigenvalue weighted by Gasteiger charge is 2.31. The first-order valence-electron chi connectivity index (χ1n) is 8.73. The molecule has 0 aromatic rings. The predicted octanol–water partition coefficient (Wildman–Crippen LogP) is -2.28. The van der Waals surface area contributed by atoms with Gasteiger partial charge in [-0.25, -0.2) is 4.79 Å². The van der Waals surface area contributed by atoms with E-state index in [0.717, 1.165) is 0 Å². The number of primary amides is 1. The van der Waals surface area contributed by atoms with E-state index in [2.05, 4.69) is 28.6 Å². The second kappa shape index (κ2) is 12.2. The van der Waals surface area contributed by atoms with Crippen LogP contribution in [0.2, 0.25) is 0 Å². The molecule has 0 bridgehead atoms. The summed E-state index contributed by atoms with van der Waals surface area (Å²) in [5.74, 6) is -4.51. The molecule has 0 unspecified atom stereocenters. The fourth-order valence-corrected chi connectivity index (χ4v) is 2.37. The Hall–Kier alpha value is -2.34. The highest BCUT2D eigenvalue weighted by atomic mass is 32.1. The van der Waals surface area contributed by atoms with Crippen LogP contribution in [0.15, 0.2) is 0 Å². The number of hydrogen-bond acceptors (Lipinski definition) is 7. The van der Waals surface area contributed by atoms with Crippen molar-refractivity contribution in [2.75, 3.05) is 5.75 Å². The molecule has 0 saturated heterocycles. The van der Waals surface area contributed by atoms with E-state index in [-0.39, 0.29) is 18.1 Å². The maximum atomic E-state index is 12.6. The Morgan fingerprint density at radius 2 is 1.57 bits per heavy atom. The number of amides is 4. The molecule has 4 amide bonds. The van der Waals surface area contributed by atoms with Crippen molar-refractivity contribution < 1.29 is 29.1 Å². The van der Waals surface area contributed by atoms with Crippen LogP contribution in [0.25, 0.3) is 0 Å². The average molecular weight is 420 g/mol. The Morgan fingerprint density at radius 3 is 2.00 bits per heavy atom. The summed E-state index contributed by atoms with van der Waals surface area (Å²) in [7, 11) is 0. The lowest BCUT2D eigenvalue weighted by Crippen LogP contribution is -2.58. The zero-order valence-corrected chi connectivity index (χ0v) is 17.0. The smallest absolute Gasteiger partial charge is 0.327 e. The van der Waals surface area contributed by atoms with Crippen LogP contribution >= 0.6 is 12.6 Å². The number of aliphatic carboxylic acids is 1. The minimum atomic E-state index is -1.25. The van der Waals surface area contributed by atoms with Crippen LogP contribution in [0, 0.1) is 5.92 Å².